The number of benzene rings is 1. The van der Waals surface area contributed by atoms with Gasteiger partial charge in [0.2, 0.25) is 0 Å². The minimum Gasteiger partial charge on any atom is -0.330 e. The molecule has 2 atom stereocenters. The lowest BCUT2D eigenvalue weighted by atomic mass is 10.2. The highest BCUT2D eigenvalue weighted by Gasteiger charge is 2.54. The van der Waals surface area contributed by atoms with Crippen LogP contribution in [0.4, 0.5) is 0 Å². The Bertz CT molecular complexity index is 324. The van der Waals surface area contributed by atoms with Gasteiger partial charge in [0, 0.05) is 19.6 Å². The van der Waals surface area contributed by atoms with Crippen molar-refractivity contribution >= 4 is 0 Å². The molecule has 80 valence electrons. The van der Waals surface area contributed by atoms with Crippen LogP contribution in [0, 0.1) is 17.8 Å². The molecule has 0 unspecified atom stereocenters. The van der Waals surface area contributed by atoms with Gasteiger partial charge in [-0.05, 0) is 29.9 Å². The molecule has 2 nitrogen and oxygen atoms in total. The topological polar surface area (TPSA) is 29.3 Å². The average Bonchev–Trinajstić information content (AvgIpc) is 2.75. The van der Waals surface area contributed by atoms with E-state index < -0.39 is 0 Å². The molecule has 0 aromatic heterocycles. The highest BCUT2D eigenvalue weighted by molar-refractivity contribution is 5.16. The van der Waals surface area contributed by atoms with Crippen LogP contribution in [-0.2, 0) is 6.54 Å². The lowest BCUT2D eigenvalue weighted by Crippen LogP contribution is -2.25. The van der Waals surface area contributed by atoms with Gasteiger partial charge in [0.25, 0.3) is 0 Å². The first-order valence-corrected chi connectivity index (χ1v) is 5.85. The second kappa shape index (κ2) is 3.62. The van der Waals surface area contributed by atoms with E-state index in [0.717, 1.165) is 30.8 Å². The smallest absolute Gasteiger partial charge is 0.0233 e. The third kappa shape index (κ3) is 1.68. The van der Waals surface area contributed by atoms with E-state index in [4.69, 9.17) is 5.73 Å². The van der Waals surface area contributed by atoms with Gasteiger partial charge in [-0.3, -0.25) is 4.90 Å². The number of piperidine rings is 1. The second-order valence-corrected chi connectivity index (χ2v) is 4.91. The van der Waals surface area contributed by atoms with Gasteiger partial charge >= 0.3 is 0 Å². The SMILES string of the molecule is NCC1[C@@H]2CN(Cc3ccccc3)C[C@@H]12. The Labute approximate surface area is 91.1 Å². The molecule has 2 N–H and O–H groups in total. The summed E-state index contributed by atoms with van der Waals surface area (Å²) in [5.41, 5.74) is 7.14. The van der Waals surface area contributed by atoms with E-state index in [2.05, 4.69) is 35.2 Å². The van der Waals surface area contributed by atoms with Gasteiger partial charge < -0.3 is 5.73 Å². The summed E-state index contributed by atoms with van der Waals surface area (Å²) in [7, 11) is 0. The molecule has 1 heterocycles. The lowest BCUT2D eigenvalue weighted by Gasteiger charge is -2.18. The number of nitrogens with two attached hydrogens (primary N) is 1. The number of hydrogen-bond donors (Lipinski definition) is 1. The van der Waals surface area contributed by atoms with Crippen LogP contribution in [0.25, 0.3) is 0 Å². The average molecular weight is 202 g/mol. The van der Waals surface area contributed by atoms with Gasteiger partial charge in [-0.1, -0.05) is 30.3 Å². The molecule has 1 aromatic rings. The fraction of sp³-hybridized carbons (Fsp3) is 0.538. The van der Waals surface area contributed by atoms with E-state index in [0.29, 0.717) is 0 Å². The van der Waals surface area contributed by atoms with E-state index in [-0.39, 0.29) is 0 Å². The third-order valence-corrected chi connectivity index (χ3v) is 3.97. The predicted molar refractivity (Wildman–Crippen MR) is 61.2 cm³/mol. The molecule has 0 radical (unpaired) electrons. The monoisotopic (exact) mass is 202 g/mol. The molecule has 2 aliphatic rings. The zero-order chi connectivity index (χ0) is 10.3. The van der Waals surface area contributed by atoms with Crippen molar-refractivity contribution in [2.45, 2.75) is 6.54 Å². The summed E-state index contributed by atoms with van der Waals surface area (Å²) in [4.78, 5) is 2.57. The van der Waals surface area contributed by atoms with E-state index >= 15 is 0 Å². The largest absolute Gasteiger partial charge is 0.330 e. The number of fused-ring (bicyclic) bond motifs is 1. The number of nitrogens with zero attached hydrogens (tertiary/aromatic N) is 1. The van der Waals surface area contributed by atoms with Gasteiger partial charge in [0.1, 0.15) is 0 Å². The minimum absolute atomic E-state index is 0.844. The standard InChI is InChI=1S/C13H18N2/c14-6-11-12-8-15(9-13(11)12)7-10-4-2-1-3-5-10/h1-5,11-13H,6-9,14H2/t12-,13-/m0/s1. The van der Waals surface area contributed by atoms with Crippen LogP contribution in [0.1, 0.15) is 5.56 Å². The van der Waals surface area contributed by atoms with Crippen molar-refractivity contribution in [2.24, 2.45) is 23.5 Å². The minimum atomic E-state index is 0.844. The molecule has 1 saturated carbocycles. The molecular weight excluding hydrogens is 184 g/mol. The Morgan fingerprint density at radius 3 is 2.40 bits per heavy atom. The fourth-order valence-corrected chi connectivity index (χ4v) is 3.06. The van der Waals surface area contributed by atoms with Crippen LogP contribution in [0.2, 0.25) is 0 Å². The lowest BCUT2D eigenvalue weighted by molar-refractivity contribution is 0.279. The van der Waals surface area contributed by atoms with Crippen molar-refractivity contribution in [1.82, 2.24) is 4.90 Å². The van der Waals surface area contributed by atoms with Crippen molar-refractivity contribution in [3.05, 3.63) is 35.9 Å². The molecule has 1 aliphatic carbocycles. The first-order valence-electron chi connectivity index (χ1n) is 5.85. The normalized spacial score (nSPS) is 34.1. The molecule has 2 heteroatoms. The molecule has 3 rings (SSSR count). The van der Waals surface area contributed by atoms with Gasteiger partial charge in [-0.25, -0.2) is 0 Å². The number of rotatable bonds is 3. The van der Waals surface area contributed by atoms with Gasteiger partial charge in [0.15, 0.2) is 0 Å². The summed E-state index contributed by atoms with van der Waals surface area (Å²) in [5, 5.41) is 0. The Hall–Kier alpha value is -0.860. The van der Waals surface area contributed by atoms with Crippen LogP contribution in [0.15, 0.2) is 30.3 Å². The Morgan fingerprint density at radius 2 is 1.80 bits per heavy atom. The first-order chi connectivity index (χ1) is 7.38. The van der Waals surface area contributed by atoms with Crippen LogP contribution in [0.5, 0.6) is 0 Å². The summed E-state index contributed by atoms with van der Waals surface area (Å²) >= 11 is 0. The van der Waals surface area contributed by atoms with Crippen LogP contribution < -0.4 is 5.73 Å². The molecule has 1 aliphatic heterocycles. The first kappa shape index (κ1) is 9.37. The van der Waals surface area contributed by atoms with Gasteiger partial charge in [0.05, 0.1) is 0 Å². The highest BCUT2D eigenvalue weighted by Crippen LogP contribution is 2.51. The Balaban J connectivity index is 1.56. The van der Waals surface area contributed by atoms with Gasteiger partial charge in [-0.2, -0.15) is 0 Å². The summed E-state index contributed by atoms with van der Waals surface area (Å²) < 4.78 is 0. The van der Waals surface area contributed by atoms with E-state index in [1.807, 2.05) is 0 Å². The molecule has 0 spiro atoms. The van der Waals surface area contributed by atoms with E-state index in [9.17, 15) is 0 Å². The van der Waals surface area contributed by atoms with Crippen LogP contribution in [0.3, 0.4) is 0 Å². The number of likely N-dealkylation sites (tertiary alicyclic amines) is 1. The van der Waals surface area contributed by atoms with E-state index in [1.54, 1.807) is 0 Å². The maximum Gasteiger partial charge on any atom is 0.0233 e. The molecule has 0 amide bonds. The predicted octanol–water partition coefficient (Wildman–Crippen LogP) is 1.32. The summed E-state index contributed by atoms with van der Waals surface area (Å²) in [5.74, 6) is 2.68. The van der Waals surface area contributed by atoms with Crippen LogP contribution >= 0.6 is 0 Å². The zero-order valence-corrected chi connectivity index (χ0v) is 8.97. The van der Waals surface area contributed by atoms with E-state index in [1.165, 1.54) is 18.7 Å². The van der Waals surface area contributed by atoms with Crippen molar-refractivity contribution < 1.29 is 0 Å². The van der Waals surface area contributed by atoms with Crippen molar-refractivity contribution in [3.8, 4) is 0 Å². The second-order valence-electron chi connectivity index (χ2n) is 4.91. The molecule has 15 heavy (non-hydrogen) atoms. The van der Waals surface area contributed by atoms with Crippen molar-refractivity contribution in [1.29, 1.82) is 0 Å². The highest BCUT2D eigenvalue weighted by atomic mass is 15.2. The summed E-state index contributed by atoms with van der Waals surface area (Å²) in [6, 6.07) is 10.7. The Kier molecular flexibility index (Phi) is 2.26. The Morgan fingerprint density at radius 1 is 1.13 bits per heavy atom. The fourth-order valence-electron chi connectivity index (χ4n) is 3.06. The molecule has 2 fully saturated rings. The van der Waals surface area contributed by atoms with Gasteiger partial charge in [-0.15, -0.1) is 0 Å². The maximum absolute atomic E-state index is 5.70. The van der Waals surface area contributed by atoms with Crippen molar-refractivity contribution in [3.63, 3.8) is 0 Å². The third-order valence-electron chi connectivity index (χ3n) is 3.97. The van der Waals surface area contributed by atoms with Crippen molar-refractivity contribution in [2.75, 3.05) is 19.6 Å². The van der Waals surface area contributed by atoms with Crippen LogP contribution in [-0.4, -0.2) is 24.5 Å². The summed E-state index contributed by atoms with van der Waals surface area (Å²) in [6.45, 7) is 4.54. The molecular formula is C13H18N2. The quantitative estimate of drug-likeness (QED) is 0.801. The summed E-state index contributed by atoms with van der Waals surface area (Å²) in [6.07, 6.45) is 0. The molecule has 1 saturated heterocycles. The zero-order valence-electron chi connectivity index (χ0n) is 8.97. The molecule has 1 aromatic carbocycles. The molecule has 0 bridgehead atoms. The maximum atomic E-state index is 5.70. The number of hydrogen-bond acceptors (Lipinski definition) is 2.